The van der Waals surface area contributed by atoms with E-state index in [9.17, 15) is 26.0 Å². The van der Waals surface area contributed by atoms with Crippen molar-refractivity contribution in [3.05, 3.63) is 84.7 Å². The van der Waals surface area contributed by atoms with Crippen LogP contribution in [0.25, 0.3) is 0 Å². The summed E-state index contributed by atoms with van der Waals surface area (Å²) < 4.78 is 67.4. The van der Waals surface area contributed by atoms with Crippen LogP contribution in [0, 0.1) is 5.82 Å². The molecule has 0 radical (unpaired) electrons. The summed E-state index contributed by atoms with van der Waals surface area (Å²) in [5.74, 6) is -1.22. The predicted octanol–water partition coefficient (Wildman–Crippen LogP) is 3.69. The lowest BCUT2D eigenvalue weighted by Crippen LogP contribution is -2.38. The Balaban J connectivity index is 1.83. The van der Waals surface area contributed by atoms with Crippen LogP contribution in [-0.4, -0.2) is 46.7 Å². The summed E-state index contributed by atoms with van der Waals surface area (Å²) >= 11 is 0. The lowest BCUT2D eigenvalue weighted by atomic mass is 10.3. The van der Waals surface area contributed by atoms with Crippen LogP contribution in [0.15, 0.2) is 88.7 Å². The summed E-state index contributed by atoms with van der Waals surface area (Å²) in [5, 5.41) is 2.60. The molecule has 3 rings (SSSR count). The lowest BCUT2D eigenvalue weighted by Gasteiger charge is -2.24. The number of carbonyl (C=O) groups excluding carboxylic acids is 1. The Morgan fingerprint density at radius 2 is 1.29 bits per heavy atom. The van der Waals surface area contributed by atoms with E-state index < -0.39 is 38.3 Å². The van der Waals surface area contributed by atoms with Crippen molar-refractivity contribution < 1.29 is 26.0 Å². The van der Waals surface area contributed by atoms with Gasteiger partial charge in [-0.1, -0.05) is 32.0 Å². The van der Waals surface area contributed by atoms with Crippen LogP contribution in [0.4, 0.5) is 15.8 Å². The second kappa shape index (κ2) is 11.0. The van der Waals surface area contributed by atoms with E-state index in [-0.39, 0.29) is 15.5 Å². The average molecular weight is 520 g/mol. The molecule has 0 heterocycles. The molecule has 0 atom stereocenters. The zero-order valence-electron chi connectivity index (χ0n) is 19.3. The quantitative estimate of drug-likeness (QED) is 0.440. The molecule has 0 bridgehead atoms. The van der Waals surface area contributed by atoms with Crippen molar-refractivity contribution in [1.82, 2.24) is 4.31 Å². The first-order chi connectivity index (χ1) is 16.6. The molecule has 0 aliphatic heterocycles. The molecular weight excluding hydrogens is 493 g/mol. The number of sulfonamides is 2. The molecule has 0 saturated carbocycles. The third kappa shape index (κ3) is 6.05. The second-order valence-electron chi connectivity index (χ2n) is 7.46. The standard InChI is InChI=1S/C24H26FN3O5S2/c1-3-27(4-2)34(30,31)22-16-12-20(13-17-22)26-24(29)18-28(21-8-6-5-7-9-21)35(32,33)23-14-10-19(25)11-15-23/h5-17H,3-4,18H2,1-2H3,(H,26,29). The molecule has 1 N–H and O–H groups in total. The largest absolute Gasteiger partial charge is 0.325 e. The Morgan fingerprint density at radius 1 is 0.771 bits per heavy atom. The summed E-state index contributed by atoms with van der Waals surface area (Å²) in [6.45, 7) is 3.59. The Kier molecular flexibility index (Phi) is 8.26. The van der Waals surface area contributed by atoms with Crippen LogP contribution in [0.2, 0.25) is 0 Å². The van der Waals surface area contributed by atoms with Crippen LogP contribution < -0.4 is 9.62 Å². The highest BCUT2D eigenvalue weighted by atomic mass is 32.2. The second-order valence-corrected chi connectivity index (χ2v) is 11.3. The molecule has 35 heavy (non-hydrogen) atoms. The maximum absolute atomic E-state index is 13.3. The average Bonchev–Trinajstić information content (AvgIpc) is 2.84. The van der Waals surface area contributed by atoms with Gasteiger partial charge in [-0.05, 0) is 60.7 Å². The molecule has 0 aromatic heterocycles. The number of para-hydroxylation sites is 1. The van der Waals surface area contributed by atoms with E-state index in [2.05, 4.69) is 5.32 Å². The van der Waals surface area contributed by atoms with Crippen molar-refractivity contribution in [2.24, 2.45) is 0 Å². The van der Waals surface area contributed by atoms with Crippen LogP contribution in [-0.2, 0) is 24.8 Å². The molecule has 8 nitrogen and oxygen atoms in total. The monoisotopic (exact) mass is 519 g/mol. The van der Waals surface area contributed by atoms with Crippen molar-refractivity contribution in [2.75, 3.05) is 29.3 Å². The molecule has 0 unspecified atom stereocenters. The predicted molar refractivity (Wildman–Crippen MR) is 133 cm³/mol. The summed E-state index contributed by atoms with van der Waals surface area (Å²) in [6, 6.07) is 18.0. The number of hydrogen-bond donors (Lipinski definition) is 1. The van der Waals surface area contributed by atoms with Crippen LogP contribution in [0.5, 0.6) is 0 Å². The minimum absolute atomic E-state index is 0.0870. The lowest BCUT2D eigenvalue weighted by molar-refractivity contribution is -0.114. The summed E-state index contributed by atoms with van der Waals surface area (Å²) in [6.07, 6.45) is 0. The third-order valence-corrected chi connectivity index (χ3v) is 9.07. The van der Waals surface area contributed by atoms with Crippen molar-refractivity contribution >= 4 is 37.3 Å². The van der Waals surface area contributed by atoms with Gasteiger partial charge in [0.05, 0.1) is 15.5 Å². The van der Waals surface area contributed by atoms with E-state index in [1.807, 2.05) is 0 Å². The van der Waals surface area contributed by atoms with Crippen molar-refractivity contribution in [2.45, 2.75) is 23.6 Å². The number of amides is 1. The number of benzene rings is 3. The summed E-state index contributed by atoms with van der Waals surface area (Å²) in [7, 11) is -7.83. The number of halogens is 1. The van der Waals surface area contributed by atoms with Crippen LogP contribution >= 0.6 is 0 Å². The molecule has 0 saturated heterocycles. The smallest absolute Gasteiger partial charge is 0.264 e. The minimum atomic E-state index is -4.18. The molecule has 0 aliphatic rings. The topological polar surface area (TPSA) is 104 Å². The number of hydrogen-bond acceptors (Lipinski definition) is 5. The van der Waals surface area contributed by atoms with Gasteiger partial charge in [-0.25, -0.2) is 21.2 Å². The van der Waals surface area contributed by atoms with Crippen molar-refractivity contribution in [1.29, 1.82) is 0 Å². The van der Waals surface area contributed by atoms with E-state index in [4.69, 9.17) is 0 Å². The Labute approximate surface area is 205 Å². The summed E-state index contributed by atoms with van der Waals surface area (Å²) in [4.78, 5) is 12.7. The first-order valence-corrected chi connectivity index (χ1v) is 13.7. The zero-order valence-corrected chi connectivity index (χ0v) is 20.9. The number of nitrogens with one attached hydrogen (secondary N) is 1. The van der Waals surface area contributed by atoms with Gasteiger partial charge in [0.15, 0.2) is 0 Å². The number of anilines is 2. The van der Waals surface area contributed by atoms with Gasteiger partial charge in [-0.15, -0.1) is 0 Å². The van der Waals surface area contributed by atoms with E-state index in [1.165, 1.54) is 28.6 Å². The molecule has 3 aromatic carbocycles. The molecule has 1 amide bonds. The van der Waals surface area contributed by atoms with Gasteiger partial charge in [0, 0.05) is 18.8 Å². The Hall–Kier alpha value is -3.28. The number of rotatable bonds is 10. The normalized spacial score (nSPS) is 11.9. The zero-order chi connectivity index (χ0) is 25.6. The molecule has 0 spiro atoms. The highest BCUT2D eigenvalue weighted by Gasteiger charge is 2.27. The first-order valence-electron chi connectivity index (χ1n) is 10.8. The number of carbonyl (C=O) groups is 1. The van der Waals surface area contributed by atoms with Gasteiger partial charge >= 0.3 is 0 Å². The van der Waals surface area contributed by atoms with Gasteiger partial charge in [0.1, 0.15) is 12.4 Å². The van der Waals surface area contributed by atoms with Gasteiger partial charge in [0.25, 0.3) is 10.0 Å². The fourth-order valence-corrected chi connectivity index (χ4v) is 6.28. The van der Waals surface area contributed by atoms with Crippen molar-refractivity contribution in [3.63, 3.8) is 0 Å². The van der Waals surface area contributed by atoms with Crippen LogP contribution in [0.1, 0.15) is 13.8 Å². The van der Waals surface area contributed by atoms with E-state index in [0.29, 0.717) is 18.8 Å². The maximum atomic E-state index is 13.3. The van der Waals surface area contributed by atoms with Crippen molar-refractivity contribution in [3.8, 4) is 0 Å². The highest BCUT2D eigenvalue weighted by molar-refractivity contribution is 7.92. The highest BCUT2D eigenvalue weighted by Crippen LogP contribution is 2.24. The molecular formula is C24H26FN3O5S2. The van der Waals surface area contributed by atoms with Crippen LogP contribution in [0.3, 0.4) is 0 Å². The molecule has 0 aliphatic carbocycles. The summed E-state index contributed by atoms with van der Waals surface area (Å²) in [5.41, 5.74) is 0.563. The maximum Gasteiger partial charge on any atom is 0.264 e. The van der Waals surface area contributed by atoms with E-state index >= 15 is 0 Å². The fraction of sp³-hybridized carbons (Fsp3) is 0.208. The van der Waals surface area contributed by atoms with Gasteiger partial charge in [-0.2, -0.15) is 4.31 Å². The van der Waals surface area contributed by atoms with Gasteiger partial charge in [-0.3, -0.25) is 9.10 Å². The third-order valence-electron chi connectivity index (χ3n) is 5.21. The number of nitrogens with zero attached hydrogens (tertiary/aromatic N) is 2. The first kappa shape index (κ1) is 26.3. The SMILES string of the molecule is CCN(CC)S(=O)(=O)c1ccc(NC(=O)CN(c2ccccc2)S(=O)(=O)c2ccc(F)cc2)cc1. The molecule has 3 aromatic rings. The minimum Gasteiger partial charge on any atom is -0.325 e. The molecule has 186 valence electrons. The van der Waals surface area contributed by atoms with Gasteiger partial charge < -0.3 is 5.32 Å². The van der Waals surface area contributed by atoms with E-state index in [1.54, 1.807) is 44.2 Å². The van der Waals surface area contributed by atoms with E-state index in [0.717, 1.165) is 28.6 Å². The fourth-order valence-electron chi connectivity index (χ4n) is 3.40. The molecule has 11 heteroatoms. The Morgan fingerprint density at radius 3 is 1.83 bits per heavy atom. The Bertz CT molecular complexity index is 1360. The molecule has 0 fully saturated rings. The van der Waals surface area contributed by atoms with Gasteiger partial charge in [0.2, 0.25) is 15.9 Å².